The predicted octanol–water partition coefficient (Wildman–Crippen LogP) is 1.56. The second-order valence-electron chi connectivity index (χ2n) is 2.69. The lowest BCUT2D eigenvalue weighted by molar-refractivity contribution is 0.140. The first-order valence-corrected chi connectivity index (χ1v) is 3.52. The molecule has 1 fully saturated rings. The van der Waals surface area contributed by atoms with Crippen LogP contribution in [0.5, 0.6) is 0 Å². The van der Waals surface area contributed by atoms with Crippen molar-refractivity contribution in [3.63, 3.8) is 0 Å². The van der Waals surface area contributed by atoms with Crippen LogP contribution in [0.4, 0.5) is 0 Å². The maximum Gasteiger partial charge on any atom is 0.0568 e. The molecule has 0 amide bonds. The number of aliphatic hydroxyl groups excluding tert-OH is 1. The second kappa shape index (κ2) is 2.49. The summed E-state index contributed by atoms with van der Waals surface area (Å²) in [6, 6.07) is 0. The Morgan fingerprint density at radius 3 is 2.62 bits per heavy atom. The molecule has 48 valence electrons. The van der Waals surface area contributed by atoms with Crippen LogP contribution in [-0.2, 0) is 0 Å². The Morgan fingerprint density at radius 1 is 1.62 bits per heavy atom. The van der Waals surface area contributed by atoms with E-state index in [0.717, 1.165) is 12.8 Å². The van der Waals surface area contributed by atoms with Crippen LogP contribution in [-0.4, -0.2) is 11.2 Å². The van der Waals surface area contributed by atoms with Crippen molar-refractivity contribution in [2.45, 2.75) is 38.7 Å². The zero-order valence-electron chi connectivity index (χ0n) is 5.43. The summed E-state index contributed by atoms with van der Waals surface area (Å²) in [7, 11) is 0. The van der Waals surface area contributed by atoms with Crippen LogP contribution in [0.1, 0.15) is 32.6 Å². The average Bonchev–Trinajstić information content (AvgIpc) is 2.45. The van der Waals surface area contributed by atoms with E-state index in [2.05, 4.69) is 6.92 Å². The van der Waals surface area contributed by atoms with Crippen molar-refractivity contribution >= 4 is 0 Å². The van der Waals surface area contributed by atoms with E-state index in [4.69, 9.17) is 0 Å². The minimum Gasteiger partial charge on any atom is -0.393 e. The standard InChI is InChI=1S/C7H14O/c1-2-3-7(8)6-4-5-6/h6-8H,2-5H2,1H3. The van der Waals surface area contributed by atoms with E-state index in [-0.39, 0.29) is 6.10 Å². The predicted molar refractivity (Wildman–Crippen MR) is 33.6 cm³/mol. The maximum absolute atomic E-state index is 9.19. The van der Waals surface area contributed by atoms with Crippen LogP contribution in [0.2, 0.25) is 0 Å². The molecule has 0 bridgehead atoms. The van der Waals surface area contributed by atoms with Crippen LogP contribution in [0.15, 0.2) is 0 Å². The molecule has 1 nitrogen and oxygen atoms in total. The normalized spacial score (nSPS) is 23.2. The maximum atomic E-state index is 9.19. The molecular weight excluding hydrogens is 100 g/mol. The van der Waals surface area contributed by atoms with Gasteiger partial charge in [-0.1, -0.05) is 13.3 Å². The molecule has 0 heterocycles. The summed E-state index contributed by atoms with van der Waals surface area (Å²) in [6.45, 7) is 2.12. The number of aliphatic hydroxyl groups is 1. The minimum atomic E-state index is 0.0278. The first-order valence-electron chi connectivity index (χ1n) is 3.52. The molecule has 0 saturated heterocycles. The largest absolute Gasteiger partial charge is 0.393 e. The molecule has 0 aromatic rings. The van der Waals surface area contributed by atoms with E-state index in [1.54, 1.807) is 0 Å². The summed E-state index contributed by atoms with van der Waals surface area (Å²) < 4.78 is 0. The lowest BCUT2D eigenvalue weighted by atomic mass is 10.1. The van der Waals surface area contributed by atoms with Gasteiger partial charge in [0.05, 0.1) is 6.10 Å². The van der Waals surface area contributed by atoms with Gasteiger partial charge in [-0.15, -0.1) is 0 Å². The van der Waals surface area contributed by atoms with E-state index >= 15 is 0 Å². The van der Waals surface area contributed by atoms with Gasteiger partial charge in [-0.3, -0.25) is 0 Å². The Bertz CT molecular complexity index is 66.8. The van der Waals surface area contributed by atoms with Gasteiger partial charge >= 0.3 is 0 Å². The summed E-state index contributed by atoms with van der Waals surface area (Å²) in [5.41, 5.74) is 0. The number of rotatable bonds is 3. The SMILES string of the molecule is CCCC(O)C1CC1. The van der Waals surface area contributed by atoms with Gasteiger partial charge in [0.25, 0.3) is 0 Å². The molecule has 0 aromatic heterocycles. The molecule has 1 N–H and O–H groups in total. The molecule has 0 aromatic carbocycles. The fourth-order valence-corrected chi connectivity index (χ4v) is 1.01. The van der Waals surface area contributed by atoms with E-state index < -0.39 is 0 Å². The monoisotopic (exact) mass is 114 g/mol. The van der Waals surface area contributed by atoms with Gasteiger partial charge in [-0.2, -0.15) is 0 Å². The summed E-state index contributed by atoms with van der Waals surface area (Å²) in [5, 5.41) is 9.19. The highest BCUT2D eigenvalue weighted by atomic mass is 16.3. The fourth-order valence-electron chi connectivity index (χ4n) is 1.01. The first kappa shape index (κ1) is 6.09. The zero-order valence-corrected chi connectivity index (χ0v) is 5.43. The quantitative estimate of drug-likeness (QED) is 0.590. The molecule has 1 atom stereocenters. The Balaban J connectivity index is 2.03. The smallest absolute Gasteiger partial charge is 0.0568 e. The summed E-state index contributed by atoms with van der Waals surface area (Å²) in [5.74, 6) is 0.676. The Labute approximate surface area is 50.7 Å². The van der Waals surface area contributed by atoms with Crippen molar-refractivity contribution in [1.29, 1.82) is 0 Å². The van der Waals surface area contributed by atoms with Crippen molar-refractivity contribution in [2.75, 3.05) is 0 Å². The van der Waals surface area contributed by atoms with E-state index in [9.17, 15) is 5.11 Å². The minimum absolute atomic E-state index is 0.0278. The highest BCUT2D eigenvalue weighted by Crippen LogP contribution is 2.34. The topological polar surface area (TPSA) is 20.2 Å². The van der Waals surface area contributed by atoms with Gasteiger partial charge in [0.1, 0.15) is 0 Å². The molecule has 0 spiro atoms. The van der Waals surface area contributed by atoms with Crippen LogP contribution < -0.4 is 0 Å². The summed E-state index contributed by atoms with van der Waals surface area (Å²) in [4.78, 5) is 0. The third kappa shape index (κ3) is 1.48. The molecular formula is C7H14O. The summed E-state index contributed by atoms with van der Waals surface area (Å²) in [6.07, 6.45) is 4.69. The van der Waals surface area contributed by atoms with Gasteiger partial charge in [0.15, 0.2) is 0 Å². The van der Waals surface area contributed by atoms with Gasteiger partial charge in [0, 0.05) is 0 Å². The Morgan fingerprint density at radius 2 is 2.25 bits per heavy atom. The average molecular weight is 114 g/mol. The molecule has 1 aliphatic rings. The van der Waals surface area contributed by atoms with Crippen LogP contribution in [0.3, 0.4) is 0 Å². The molecule has 1 unspecified atom stereocenters. The molecule has 1 saturated carbocycles. The Hall–Kier alpha value is -0.0400. The van der Waals surface area contributed by atoms with E-state index in [1.165, 1.54) is 12.8 Å². The lowest BCUT2D eigenvalue weighted by Crippen LogP contribution is -2.07. The molecule has 1 aliphatic carbocycles. The highest BCUT2D eigenvalue weighted by Gasteiger charge is 2.28. The van der Waals surface area contributed by atoms with Crippen LogP contribution in [0.25, 0.3) is 0 Å². The van der Waals surface area contributed by atoms with Gasteiger partial charge in [0.2, 0.25) is 0 Å². The summed E-state index contributed by atoms with van der Waals surface area (Å²) >= 11 is 0. The molecule has 8 heavy (non-hydrogen) atoms. The van der Waals surface area contributed by atoms with Crippen molar-refractivity contribution in [3.05, 3.63) is 0 Å². The highest BCUT2D eigenvalue weighted by molar-refractivity contribution is 4.80. The van der Waals surface area contributed by atoms with Crippen LogP contribution in [0, 0.1) is 5.92 Å². The third-order valence-corrected chi connectivity index (χ3v) is 1.75. The number of hydrogen-bond donors (Lipinski definition) is 1. The van der Waals surface area contributed by atoms with Gasteiger partial charge in [-0.25, -0.2) is 0 Å². The molecule has 0 aliphatic heterocycles. The lowest BCUT2D eigenvalue weighted by Gasteiger charge is -2.04. The van der Waals surface area contributed by atoms with Crippen LogP contribution >= 0.6 is 0 Å². The molecule has 1 rings (SSSR count). The van der Waals surface area contributed by atoms with Gasteiger partial charge in [-0.05, 0) is 25.2 Å². The zero-order chi connectivity index (χ0) is 5.98. The molecule has 0 radical (unpaired) electrons. The van der Waals surface area contributed by atoms with Crippen molar-refractivity contribution in [3.8, 4) is 0 Å². The fraction of sp³-hybridized carbons (Fsp3) is 1.00. The van der Waals surface area contributed by atoms with Gasteiger partial charge < -0.3 is 5.11 Å². The van der Waals surface area contributed by atoms with Crippen molar-refractivity contribution < 1.29 is 5.11 Å². The third-order valence-electron chi connectivity index (χ3n) is 1.75. The second-order valence-corrected chi connectivity index (χ2v) is 2.69. The Kier molecular flexibility index (Phi) is 1.90. The molecule has 1 heteroatoms. The number of hydrogen-bond acceptors (Lipinski definition) is 1. The van der Waals surface area contributed by atoms with E-state index in [1.807, 2.05) is 0 Å². The van der Waals surface area contributed by atoms with Crippen molar-refractivity contribution in [1.82, 2.24) is 0 Å². The van der Waals surface area contributed by atoms with E-state index in [0.29, 0.717) is 5.92 Å². The first-order chi connectivity index (χ1) is 3.84. The van der Waals surface area contributed by atoms with Crippen molar-refractivity contribution in [2.24, 2.45) is 5.92 Å².